The lowest BCUT2D eigenvalue weighted by molar-refractivity contribution is 0.0187. The van der Waals surface area contributed by atoms with E-state index in [9.17, 15) is 10.1 Å². The Kier molecular flexibility index (Phi) is 4.32. The lowest BCUT2D eigenvalue weighted by Crippen LogP contribution is -2.41. The van der Waals surface area contributed by atoms with Crippen LogP contribution in [0, 0.1) is 11.3 Å². The minimum absolute atomic E-state index is 0.136. The molecule has 2 aliphatic heterocycles. The Bertz CT molecular complexity index is 871. The maximum Gasteiger partial charge on any atom is 0.412 e. The van der Waals surface area contributed by atoms with Gasteiger partial charge in [-0.05, 0) is 5.56 Å². The number of amides is 1. The lowest BCUT2D eigenvalue weighted by atomic mass is 9.84. The molecule has 0 spiro atoms. The molecule has 2 heterocycles. The number of ether oxygens (including phenoxy) is 2. The third kappa shape index (κ3) is 2.91. The first-order valence-corrected chi connectivity index (χ1v) is 8.62. The van der Waals surface area contributed by atoms with E-state index in [0.717, 1.165) is 11.1 Å². The van der Waals surface area contributed by atoms with Gasteiger partial charge in [-0.1, -0.05) is 60.7 Å². The van der Waals surface area contributed by atoms with Crippen LogP contribution in [0.4, 0.5) is 4.79 Å². The van der Waals surface area contributed by atoms with Crippen LogP contribution in [-0.2, 0) is 9.47 Å². The first-order valence-electron chi connectivity index (χ1n) is 8.62. The van der Waals surface area contributed by atoms with Gasteiger partial charge in [0, 0.05) is 17.9 Å². The van der Waals surface area contributed by atoms with E-state index in [4.69, 9.17) is 9.47 Å². The van der Waals surface area contributed by atoms with Crippen molar-refractivity contribution in [3.8, 4) is 6.07 Å². The zero-order valence-corrected chi connectivity index (χ0v) is 14.2. The Morgan fingerprint density at radius 3 is 2.35 bits per heavy atom. The van der Waals surface area contributed by atoms with Crippen molar-refractivity contribution in [2.45, 2.75) is 18.6 Å². The van der Waals surface area contributed by atoms with Crippen LogP contribution < -0.4 is 0 Å². The van der Waals surface area contributed by atoms with E-state index in [1.165, 1.54) is 0 Å². The molecule has 1 saturated heterocycles. The van der Waals surface area contributed by atoms with E-state index < -0.39 is 6.23 Å². The van der Waals surface area contributed by atoms with Crippen molar-refractivity contribution in [2.75, 3.05) is 13.2 Å². The highest BCUT2D eigenvalue weighted by atomic mass is 16.6. The molecule has 0 aliphatic carbocycles. The van der Waals surface area contributed by atoms with Crippen LogP contribution in [0.1, 0.15) is 23.5 Å². The first kappa shape index (κ1) is 16.2. The van der Waals surface area contributed by atoms with Crippen molar-refractivity contribution < 1.29 is 14.3 Å². The summed E-state index contributed by atoms with van der Waals surface area (Å²) in [6.45, 7) is 0.860. The highest BCUT2D eigenvalue weighted by molar-refractivity contribution is 5.72. The SMILES string of the molecule is N#CC1=C(c2ccccc2)O[C@H](N2CCOC2=O)C[C@@H]1c1ccccc1. The van der Waals surface area contributed by atoms with Crippen LogP contribution in [0.25, 0.3) is 5.76 Å². The molecule has 5 nitrogen and oxygen atoms in total. The number of nitrogens with zero attached hydrogens (tertiary/aromatic N) is 2. The predicted octanol–water partition coefficient (Wildman–Crippen LogP) is 3.90. The van der Waals surface area contributed by atoms with Crippen molar-refractivity contribution in [3.05, 3.63) is 77.4 Å². The summed E-state index contributed by atoms with van der Waals surface area (Å²) in [6.07, 6.45) is -0.296. The number of rotatable bonds is 3. The van der Waals surface area contributed by atoms with Crippen LogP contribution >= 0.6 is 0 Å². The monoisotopic (exact) mass is 346 g/mol. The molecule has 0 radical (unpaired) electrons. The fraction of sp³-hybridized carbons (Fsp3) is 0.238. The zero-order chi connectivity index (χ0) is 17.9. The van der Waals surface area contributed by atoms with E-state index in [0.29, 0.717) is 30.9 Å². The van der Waals surface area contributed by atoms with Crippen molar-refractivity contribution in [1.29, 1.82) is 5.26 Å². The molecule has 5 heteroatoms. The van der Waals surface area contributed by atoms with Crippen LogP contribution in [0.15, 0.2) is 66.2 Å². The molecule has 0 bridgehead atoms. The Hall–Kier alpha value is -3.26. The van der Waals surface area contributed by atoms with Crippen LogP contribution in [0.3, 0.4) is 0 Å². The third-order valence-corrected chi connectivity index (χ3v) is 4.78. The fourth-order valence-electron chi connectivity index (χ4n) is 3.51. The molecule has 0 aromatic heterocycles. The second kappa shape index (κ2) is 6.93. The molecule has 0 N–H and O–H groups in total. The number of benzene rings is 2. The average Bonchev–Trinajstić information content (AvgIpc) is 3.14. The van der Waals surface area contributed by atoms with E-state index >= 15 is 0 Å². The molecule has 0 saturated carbocycles. The van der Waals surface area contributed by atoms with Gasteiger partial charge in [0.1, 0.15) is 12.4 Å². The molecule has 1 amide bonds. The molecular formula is C21H18N2O3. The van der Waals surface area contributed by atoms with Crippen LogP contribution in [0.2, 0.25) is 0 Å². The number of hydrogen-bond acceptors (Lipinski definition) is 4. The second-order valence-electron chi connectivity index (χ2n) is 6.30. The number of allylic oxidation sites excluding steroid dienone is 1. The molecule has 2 aromatic rings. The van der Waals surface area contributed by atoms with Gasteiger partial charge in [0.2, 0.25) is 0 Å². The van der Waals surface area contributed by atoms with Gasteiger partial charge in [-0.2, -0.15) is 5.26 Å². The zero-order valence-electron chi connectivity index (χ0n) is 14.2. The molecule has 1 fully saturated rings. The summed E-state index contributed by atoms with van der Waals surface area (Å²) in [7, 11) is 0. The van der Waals surface area contributed by atoms with Gasteiger partial charge in [-0.15, -0.1) is 0 Å². The summed E-state index contributed by atoms with van der Waals surface area (Å²) >= 11 is 0. The van der Waals surface area contributed by atoms with Crippen molar-refractivity contribution in [3.63, 3.8) is 0 Å². The summed E-state index contributed by atoms with van der Waals surface area (Å²) in [5, 5.41) is 9.86. The molecule has 26 heavy (non-hydrogen) atoms. The van der Waals surface area contributed by atoms with Gasteiger partial charge < -0.3 is 9.47 Å². The Labute approximate surface area is 152 Å². The number of nitriles is 1. The highest BCUT2D eigenvalue weighted by Crippen LogP contribution is 2.41. The first-order chi connectivity index (χ1) is 12.8. The summed E-state index contributed by atoms with van der Waals surface area (Å²) in [5.74, 6) is 0.404. The molecule has 4 rings (SSSR count). The smallest absolute Gasteiger partial charge is 0.412 e. The number of cyclic esters (lactones) is 1. The van der Waals surface area contributed by atoms with Crippen LogP contribution in [-0.4, -0.2) is 30.4 Å². The van der Waals surface area contributed by atoms with Gasteiger partial charge >= 0.3 is 6.09 Å². The fourth-order valence-corrected chi connectivity index (χ4v) is 3.51. The largest absolute Gasteiger partial charge is 0.469 e. The van der Waals surface area contributed by atoms with Gasteiger partial charge in [-0.25, -0.2) is 4.79 Å². The molecule has 2 aromatic carbocycles. The highest BCUT2D eigenvalue weighted by Gasteiger charge is 2.39. The molecular weight excluding hydrogens is 328 g/mol. The lowest BCUT2D eigenvalue weighted by Gasteiger charge is -2.35. The number of hydrogen-bond donors (Lipinski definition) is 0. The summed E-state index contributed by atoms with van der Waals surface area (Å²) in [5.41, 5.74) is 2.46. The normalized spacial score (nSPS) is 22.6. The summed E-state index contributed by atoms with van der Waals surface area (Å²) < 4.78 is 11.2. The second-order valence-corrected chi connectivity index (χ2v) is 6.30. The summed E-state index contributed by atoms with van der Waals surface area (Å²) in [6, 6.07) is 21.8. The Balaban J connectivity index is 1.80. The van der Waals surface area contributed by atoms with Crippen molar-refractivity contribution in [1.82, 2.24) is 4.90 Å². The Morgan fingerprint density at radius 1 is 1.04 bits per heavy atom. The standard InChI is InChI=1S/C21H18N2O3/c22-14-18-17(15-7-3-1-4-8-15)13-19(23-11-12-25-21(23)24)26-20(18)16-9-5-2-6-10-16/h1-10,17,19H,11-13H2/t17-,19+/m1/s1. The quantitative estimate of drug-likeness (QED) is 0.845. The van der Waals surface area contributed by atoms with Gasteiger partial charge in [0.25, 0.3) is 0 Å². The average molecular weight is 346 g/mol. The van der Waals surface area contributed by atoms with Crippen LogP contribution in [0.5, 0.6) is 0 Å². The number of carbonyl (C=O) groups is 1. The molecule has 2 atom stereocenters. The number of carbonyl (C=O) groups excluding carboxylic acids is 1. The summed E-state index contributed by atoms with van der Waals surface area (Å²) in [4.78, 5) is 13.7. The minimum atomic E-state index is -0.456. The van der Waals surface area contributed by atoms with E-state index in [-0.39, 0.29) is 12.0 Å². The predicted molar refractivity (Wildman–Crippen MR) is 95.7 cm³/mol. The van der Waals surface area contributed by atoms with Crippen molar-refractivity contribution >= 4 is 11.9 Å². The van der Waals surface area contributed by atoms with E-state index in [1.807, 2.05) is 60.7 Å². The van der Waals surface area contributed by atoms with Crippen molar-refractivity contribution in [2.24, 2.45) is 0 Å². The van der Waals surface area contributed by atoms with E-state index in [2.05, 4.69) is 6.07 Å². The Morgan fingerprint density at radius 2 is 1.73 bits per heavy atom. The molecule has 0 unspecified atom stereocenters. The maximum atomic E-state index is 12.1. The minimum Gasteiger partial charge on any atom is -0.469 e. The van der Waals surface area contributed by atoms with Gasteiger partial charge in [-0.3, -0.25) is 4.90 Å². The maximum absolute atomic E-state index is 12.1. The van der Waals surface area contributed by atoms with E-state index in [1.54, 1.807) is 4.90 Å². The molecule has 2 aliphatic rings. The van der Waals surface area contributed by atoms with Gasteiger partial charge in [0.05, 0.1) is 18.2 Å². The topological polar surface area (TPSA) is 62.6 Å². The van der Waals surface area contributed by atoms with Gasteiger partial charge in [0.15, 0.2) is 6.23 Å². The molecule has 130 valence electrons. The third-order valence-electron chi connectivity index (χ3n) is 4.78.